The Morgan fingerprint density at radius 2 is 0.583 bits per heavy atom. The second kappa shape index (κ2) is 59.6. The second-order valence-corrected chi connectivity index (χ2v) is 19.5. The highest BCUT2D eigenvalue weighted by Crippen LogP contribution is 2.16. The lowest BCUT2D eigenvalue weighted by molar-refractivity contribution is -0.166. The first kappa shape index (κ1) is 68.1. The summed E-state index contributed by atoms with van der Waals surface area (Å²) in [5.41, 5.74) is 0. The van der Waals surface area contributed by atoms with Crippen LogP contribution in [-0.4, -0.2) is 37.2 Å². The third kappa shape index (κ3) is 57.0. The zero-order valence-corrected chi connectivity index (χ0v) is 46.9. The van der Waals surface area contributed by atoms with Crippen LogP contribution < -0.4 is 0 Å². The zero-order chi connectivity index (χ0) is 52.2. The molecule has 0 saturated carbocycles. The van der Waals surface area contributed by atoms with E-state index in [0.717, 1.165) is 96.3 Å². The molecule has 0 fully saturated rings. The van der Waals surface area contributed by atoms with E-state index in [1.54, 1.807) is 6.08 Å². The number of hydrogen-bond acceptors (Lipinski definition) is 6. The highest BCUT2D eigenvalue weighted by Gasteiger charge is 2.19. The van der Waals surface area contributed by atoms with Crippen LogP contribution in [0.1, 0.15) is 271 Å². The number of hydrogen-bond donors (Lipinski definition) is 0. The van der Waals surface area contributed by atoms with E-state index in [-0.39, 0.29) is 31.6 Å². The van der Waals surface area contributed by atoms with E-state index in [4.69, 9.17) is 14.2 Å². The summed E-state index contributed by atoms with van der Waals surface area (Å²) in [6.07, 6.45) is 81.5. The van der Waals surface area contributed by atoms with Crippen molar-refractivity contribution in [3.05, 3.63) is 109 Å². The molecule has 1 unspecified atom stereocenters. The molecule has 0 aliphatic rings. The number of unbranched alkanes of at least 4 members (excludes halogenated alkanes) is 25. The van der Waals surface area contributed by atoms with Crippen molar-refractivity contribution >= 4 is 17.9 Å². The molecule has 0 aromatic rings. The lowest BCUT2D eigenvalue weighted by Crippen LogP contribution is -2.30. The fourth-order valence-electron chi connectivity index (χ4n) is 8.16. The van der Waals surface area contributed by atoms with E-state index >= 15 is 0 Å². The SMILES string of the molecule is CC/C=C\C/C=C\C/C=C\C/C=C\C/C=C\CC(=O)OC(COC(=O)CCCCCCCCCC)COC(=O)CCCCCCCCCCCCCCCCCCCC/C=C\C/C=C\C/C=C\C/C=C\CC. The molecule has 410 valence electrons. The molecule has 0 radical (unpaired) electrons. The number of carbonyl (C=O) groups excluding carboxylic acids is 3. The fourth-order valence-corrected chi connectivity index (χ4v) is 8.16. The summed E-state index contributed by atoms with van der Waals surface area (Å²) < 4.78 is 16.7. The molecule has 0 aliphatic heterocycles. The number of esters is 3. The molecule has 0 spiro atoms. The molecule has 0 saturated heterocycles. The molecule has 0 heterocycles. The van der Waals surface area contributed by atoms with Gasteiger partial charge >= 0.3 is 17.9 Å². The Balaban J connectivity index is 4.13. The van der Waals surface area contributed by atoms with Crippen molar-refractivity contribution in [1.82, 2.24) is 0 Å². The molecule has 6 heteroatoms. The summed E-state index contributed by atoms with van der Waals surface area (Å²) in [5, 5.41) is 0. The Morgan fingerprint density at radius 1 is 0.306 bits per heavy atom. The Kier molecular flexibility index (Phi) is 56.4. The van der Waals surface area contributed by atoms with Gasteiger partial charge in [0.1, 0.15) is 13.2 Å². The summed E-state index contributed by atoms with van der Waals surface area (Å²) in [7, 11) is 0. The Labute approximate surface area is 444 Å². The van der Waals surface area contributed by atoms with Crippen LogP contribution in [-0.2, 0) is 28.6 Å². The van der Waals surface area contributed by atoms with E-state index in [2.05, 4.69) is 118 Å². The molecule has 0 rings (SSSR count). The van der Waals surface area contributed by atoms with Crippen molar-refractivity contribution in [1.29, 1.82) is 0 Å². The van der Waals surface area contributed by atoms with Gasteiger partial charge in [-0.3, -0.25) is 14.4 Å². The van der Waals surface area contributed by atoms with Crippen molar-refractivity contribution in [3.8, 4) is 0 Å². The highest BCUT2D eigenvalue weighted by molar-refractivity contribution is 5.72. The van der Waals surface area contributed by atoms with Crippen molar-refractivity contribution in [3.63, 3.8) is 0 Å². The monoisotopic (exact) mass is 999 g/mol. The van der Waals surface area contributed by atoms with E-state index < -0.39 is 12.1 Å². The predicted octanol–water partition coefficient (Wildman–Crippen LogP) is 20.3. The third-order valence-corrected chi connectivity index (χ3v) is 12.6. The maximum absolute atomic E-state index is 12.7. The topological polar surface area (TPSA) is 78.9 Å². The smallest absolute Gasteiger partial charge is 0.310 e. The molecule has 1 atom stereocenters. The Bertz CT molecular complexity index is 1470. The lowest BCUT2D eigenvalue weighted by Gasteiger charge is -2.18. The van der Waals surface area contributed by atoms with Gasteiger partial charge in [-0.05, 0) is 83.5 Å². The van der Waals surface area contributed by atoms with Gasteiger partial charge in [-0.2, -0.15) is 0 Å². The first-order valence-electron chi connectivity index (χ1n) is 29.9. The maximum Gasteiger partial charge on any atom is 0.310 e. The Morgan fingerprint density at radius 3 is 0.917 bits per heavy atom. The van der Waals surface area contributed by atoms with Gasteiger partial charge in [0.2, 0.25) is 0 Å². The van der Waals surface area contributed by atoms with Crippen LogP contribution in [0.2, 0.25) is 0 Å². The van der Waals surface area contributed by atoms with Crippen LogP contribution in [0.5, 0.6) is 0 Å². The van der Waals surface area contributed by atoms with Gasteiger partial charge in [0, 0.05) is 12.8 Å². The molecule has 6 nitrogen and oxygen atoms in total. The number of rotatable bonds is 53. The van der Waals surface area contributed by atoms with Gasteiger partial charge in [-0.25, -0.2) is 0 Å². The van der Waals surface area contributed by atoms with Crippen LogP contribution in [0.15, 0.2) is 109 Å². The molecular weight excluding hydrogens is 889 g/mol. The van der Waals surface area contributed by atoms with Gasteiger partial charge in [-0.1, -0.05) is 278 Å². The second-order valence-electron chi connectivity index (χ2n) is 19.5. The van der Waals surface area contributed by atoms with E-state index in [1.807, 2.05) is 6.08 Å². The molecule has 0 aliphatic carbocycles. The van der Waals surface area contributed by atoms with Gasteiger partial charge < -0.3 is 14.2 Å². The normalized spacial score (nSPS) is 12.9. The minimum Gasteiger partial charge on any atom is -0.462 e. The van der Waals surface area contributed by atoms with E-state index in [1.165, 1.54) is 135 Å². The highest BCUT2D eigenvalue weighted by atomic mass is 16.6. The maximum atomic E-state index is 12.7. The van der Waals surface area contributed by atoms with Crippen molar-refractivity contribution in [2.75, 3.05) is 13.2 Å². The van der Waals surface area contributed by atoms with Crippen LogP contribution in [0.3, 0.4) is 0 Å². The average molecular weight is 1000 g/mol. The molecular formula is C66H110O6. The average Bonchev–Trinajstić information content (AvgIpc) is 3.38. The van der Waals surface area contributed by atoms with Crippen LogP contribution in [0, 0.1) is 0 Å². The molecule has 0 amide bonds. The summed E-state index contributed by atoms with van der Waals surface area (Å²) in [6, 6.07) is 0. The molecule has 0 aromatic carbocycles. The van der Waals surface area contributed by atoms with E-state index in [9.17, 15) is 14.4 Å². The molecule has 0 aromatic heterocycles. The van der Waals surface area contributed by atoms with Gasteiger partial charge in [0.15, 0.2) is 6.10 Å². The quantitative estimate of drug-likeness (QED) is 0.0261. The fraction of sp³-hybridized carbons (Fsp3) is 0.682. The standard InChI is InChI=1S/C66H110O6/c1-4-7-10-13-16-19-21-23-25-26-27-28-29-30-31-32-33-34-35-36-37-38-39-40-42-43-45-47-50-53-56-59-65(68)71-62-63(61-70-64(67)58-55-52-49-18-15-12-9-6-3)72-66(69)60-57-54-51-48-46-44-41-24-22-20-17-14-11-8-5-2/h7-8,10-11,16-17,19-20,23-25,27-28,41,46,48,54,57,63H,4-6,9,12-15,18,21-22,26,29-40,42-45,47,49-53,55-56,58-62H2,1-3H3/b10-7-,11-8-,19-16-,20-17-,25-23-,28-27-,41-24-,48-46-,57-54-. The molecule has 72 heavy (non-hydrogen) atoms. The first-order chi connectivity index (χ1) is 35.5. The van der Waals surface area contributed by atoms with Crippen LogP contribution in [0.25, 0.3) is 0 Å². The van der Waals surface area contributed by atoms with Crippen LogP contribution in [0.4, 0.5) is 0 Å². The largest absolute Gasteiger partial charge is 0.462 e. The summed E-state index contributed by atoms with van der Waals surface area (Å²) in [4.78, 5) is 37.9. The van der Waals surface area contributed by atoms with Crippen molar-refractivity contribution in [2.24, 2.45) is 0 Å². The minimum atomic E-state index is -0.829. The number of ether oxygens (including phenoxy) is 3. The number of allylic oxidation sites excluding steroid dienone is 17. The number of carbonyl (C=O) groups is 3. The van der Waals surface area contributed by atoms with Crippen molar-refractivity contribution in [2.45, 2.75) is 277 Å². The summed E-state index contributed by atoms with van der Waals surface area (Å²) in [5.74, 6) is -1.05. The third-order valence-electron chi connectivity index (χ3n) is 12.6. The zero-order valence-electron chi connectivity index (χ0n) is 46.9. The minimum absolute atomic E-state index is 0.0973. The Hall–Kier alpha value is -3.93. The van der Waals surface area contributed by atoms with E-state index in [0.29, 0.717) is 12.8 Å². The molecule has 0 N–H and O–H groups in total. The molecule has 0 bridgehead atoms. The first-order valence-corrected chi connectivity index (χ1v) is 29.9. The van der Waals surface area contributed by atoms with Crippen molar-refractivity contribution < 1.29 is 28.6 Å². The van der Waals surface area contributed by atoms with Gasteiger partial charge in [0.25, 0.3) is 0 Å². The van der Waals surface area contributed by atoms with Crippen LogP contribution >= 0.6 is 0 Å². The lowest BCUT2D eigenvalue weighted by atomic mass is 10.0. The van der Waals surface area contributed by atoms with Gasteiger partial charge in [-0.15, -0.1) is 0 Å². The summed E-state index contributed by atoms with van der Waals surface area (Å²) >= 11 is 0. The predicted molar refractivity (Wildman–Crippen MR) is 311 cm³/mol. The summed E-state index contributed by atoms with van der Waals surface area (Å²) in [6.45, 7) is 6.30. The van der Waals surface area contributed by atoms with Gasteiger partial charge in [0.05, 0.1) is 6.42 Å².